The molecule has 0 aromatic heterocycles. The molecule has 126 valence electrons. The third-order valence-electron chi connectivity index (χ3n) is 4.76. The van der Waals surface area contributed by atoms with Crippen LogP contribution in [0.15, 0.2) is 66.7 Å². The summed E-state index contributed by atoms with van der Waals surface area (Å²) < 4.78 is 0. The van der Waals surface area contributed by atoms with Crippen LogP contribution in [0.3, 0.4) is 0 Å². The molecule has 0 aliphatic carbocycles. The highest BCUT2D eigenvalue weighted by atomic mass is 15.2. The van der Waals surface area contributed by atoms with Crippen molar-refractivity contribution >= 4 is 28.6 Å². The van der Waals surface area contributed by atoms with Gasteiger partial charge in [0.05, 0.1) is 12.0 Å². The SMILES string of the molecule is CCC(C)c1ccccc1C(=N)N(C=N)c1cccc2ccccc12. The first kappa shape index (κ1) is 16.9. The minimum Gasteiger partial charge on any atom is -0.291 e. The van der Waals surface area contributed by atoms with Crippen molar-refractivity contribution in [1.29, 1.82) is 10.8 Å². The van der Waals surface area contributed by atoms with Crippen LogP contribution in [0.2, 0.25) is 0 Å². The van der Waals surface area contributed by atoms with E-state index in [1.165, 1.54) is 6.34 Å². The van der Waals surface area contributed by atoms with Crippen molar-refractivity contribution in [2.24, 2.45) is 0 Å². The van der Waals surface area contributed by atoms with Crippen LogP contribution in [0.25, 0.3) is 10.8 Å². The molecule has 0 aliphatic heterocycles. The summed E-state index contributed by atoms with van der Waals surface area (Å²) in [5, 5.41) is 18.9. The maximum absolute atomic E-state index is 8.78. The Kier molecular flexibility index (Phi) is 4.94. The predicted octanol–water partition coefficient (Wildman–Crippen LogP) is 5.79. The molecule has 0 spiro atoms. The number of rotatable bonds is 5. The van der Waals surface area contributed by atoms with Crippen LogP contribution in [0.5, 0.6) is 0 Å². The summed E-state index contributed by atoms with van der Waals surface area (Å²) in [6.07, 6.45) is 2.25. The molecule has 0 aliphatic rings. The van der Waals surface area contributed by atoms with E-state index in [4.69, 9.17) is 10.8 Å². The first-order chi connectivity index (χ1) is 12.2. The van der Waals surface area contributed by atoms with Gasteiger partial charge >= 0.3 is 0 Å². The molecule has 0 fully saturated rings. The van der Waals surface area contributed by atoms with Gasteiger partial charge in [0.15, 0.2) is 0 Å². The Morgan fingerprint density at radius 1 is 1.00 bits per heavy atom. The van der Waals surface area contributed by atoms with Gasteiger partial charge in [-0.3, -0.25) is 15.7 Å². The zero-order valence-electron chi connectivity index (χ0n) is 14.7. The molecule has 3 aromatic rings. The van der Waals surface area contributed by atoms with Gasteiger partial charge in [-0.15, -0.1) is 0 Å². The Bertz CT molecular complexity index is 909. The lowest BCUT2D eigenvalue weighted by atomic mass is 9.93. The topological polar surface area (TPSA) is 50.9 Å². The highest BCUT2D eigenvalue weighted by Crippen LogP contribution is 2.29. The third kappa shape index (κ3) is 3.18. The zero-order valence-corrected chi connectivity index (χ0v) is 14.7. The molecule has 2 N–H and O–H groups in total. The molecule has 0 heterocycles. The van der Waals surface area contributed by atoms with Crippen LogP contribution in [-0.4, -0.2) is 12.2 Å². The standard InChI is InChI=1S/C22H23N3/c1-3-16(2)18-11-6-7-13-20(18)22(24)25(15-23)21-14-8-10-17-9-4-5-12-19(17)21/h4-16,23-24H,3H2,1-2H3. The minimum absolute atomic E-state index is 0.335. The van der Waals surface area contributed by atoms with E-state index >= 15 is 0 Å². The molecule has 25 heavy (non-hydrogen) atoms. The second kappa shape index (κ2) is 7.31. The molecular formula is C22H23N3. The highest BCUT2D eigenvalue weighted by Gasteiger charge is 2.18. The van der Waals surface area contributed by atoms with Crippen molar-refractivity contribution in [3.8, 4) is 0 Å². The molecule has 0 radical (unpaired) electrons. The smallest absolute Gasteiger partial charge is 0.138 e. The van der Waals surface area contributed by atoms with Crippen LogP contribution in [0.1, 0.15) is 37.3 Å². The lowest BCUT2D eigenvalue weighted by Gasteiger charge is -2.24. The van der Waals surface area contributed by atoms with Crippen LogP contribution in [0.4, 0.5) is 5.69 Å². The Morgan fingerprint density at radius 2 is 1.68 bits per heavy atom. The first-order valence-electron chi connectivity index (χ1n) is 8.62. The molecule has 3 heteroatoms. The molecule has 1 unspecified atom stereocenters. The van der Waals surface area contributed by atoms with Crippen molar-refractivity contribution in [2.75, 3.05) is 4.90 Å². The number of nitrogens with zero attached hydrogens (tertiary/aromatic N) is 1. The average Bonchev–Trinajstić information content (AvgIpc) is 2.68. The Hall–Kier alpha value is -2.94. The van der Waals surface area contributed by atoms with Gasteiger partial charge in [0.25, 0.3) is 0 Å². The van der Waals surface area contributed by atoms with Crippen molar-refractivity contribution in [1.82, 2.24) is 0 Å². The molecule has 3 aromatic carbocycles. The number of fused-ring (bicyclic) bond motifs is 1. The fourth-order valence-electron chi connectivity index (χ4n) is 3.16. The number of hydrogen-bond acceptors (Lipinski definition) is 2. The van der Waals surface area contributed by atoms with Gasteiger partial charge in [0.2, 0.25) is 0 Å². The quantitative estimate of drug-likeness (QED) is 0.451. The largest absolute Gasteiger partial charge is 0.291 e. The molecule has 3 nitrogen and oxygen atoms in total. The molecule has 3 rings (SSSR count). The fraction of sp³-hybridized carbons (Fsp3) is 0.182. The molecular weight excluding hydrogens is 306 g/mol. The minimum atomic E-state index is 0.335. The second-order valence-corrected chi connectivity index (χ2v) is 6.24. The Morgan fingerprint density at radius 3 is 2.44 bits per heavy atom. The van der Waals surface area contributed by atoms with Gasteiger partial charge < -0.3 is 0 Å². The Balaban J connectivity index is 2.10. The van der Waals surface area contributed by atoms with Crippen molar-refractivity contribution in [2.45, 2.75) is 26.2 Å². The summed E-state index contributed by atoms with van der Waals surface area (Å²) in [6, 6.07) is 22.1. The lowest BCUT2D eigenvalue weighted by Crippen LogP contribution is -2.30. The normalized spacial score (nSPS) is 11.9. The van der Waals surface area contributed by atoms with Crippen LogP contribution >= 0.6 is 0 Å². The molecule has 1 atom stereocenters. The fourth-order valence-corrected chi connectivity index (χ4v) is 3.16. The van der Waals surface area contributed by atoms with E-state index in [0.29, 0.717) is 11.8 Å². The number of amidine groups is 1. The van der Waals surface area contributed by atoms with E-state index in [9.17, 15) is 0 Å². The first-order valence-corrected chi connectivity index (χ1v) is 8.62. The van der Waals surface area contributed by atoms with Crippen molar-refractivity contribution in [3.05, 3.63) is 77.9 Å². The van der Waals surface area contributed by atoms with Gasteiger partial charge in [-0.2, -0.15) is 0 Å². The molecule has 0 bridgehead atoms. The summed E-state index contributed by atoms with van der Waals surface area (Å²) in [7, 11) is 0. The van der Waals surface area contributed by atoms with Gasteiger partial charge in [0, 0.05) is 10.9 Å². The summed E-state index contributed by atoms with van der Waals surface area (Å²) in [5.41, 5.74) is 2.90. The van der Waals surface area contributed by atoms with Gasteiger partial charge in [0.1, 0.15) is 5.84 Å². The van der Waals surface area contributed by atoms with Crippen molar-refractivity contribution in [3.63, 3.8) is 0 Å². The van der Waals surface area contributed by atoms with Crippen molar-refractivity contribution < 1.29 is 0 Å². The predicted molar refractivity (Wildman–Crippen MR) is 107 cm³/mol. The summed E-state index contributed by atoms with van der Waals surface area (Å²) in [4.78, 5) is 1.66. The number of benzene rings is 3. The monoisotopic (exact) mass is 329 g/mol. The number of nitrogens with one attached hydrogen (secondary N) is 2. The van der Waals surface area contributed by atoms with Gasteiger partial charge in [-0.25, -0.2) is 0 Å². The third-order valence-corrected chi connectivity index (χ3v) is 4.76. The van der Waals surface area contributed by atoms with Gasteiger partial charge in [-0.05, 0) is 29.4 Å². The van der Waals surface area contributed by atoms with E-state index in [0.717, 1.165) is 34.0 Å². The van der Waals surface area contributed by atoms with E-state index < -0.39 is 0 Å². The number of anilines is 1. The summed E-state index contributed by atoms with van der Waals surface area (Å²) in [5.74, 6) is 0.707. The average molecular weight is 329 g/mol. The molecule has 0 amide bonds. The number of hydrogen-bond donors (Lipinski definition) is 2. The summed E-state index contributed by atoms with van der Waals surface area (Å²) in [6.45, 7) is 4.34. The Labute approximate surface area is 148 Å². The summed E-state index contributed by atoms with van der Waals surface area (Å²) >= 11 is 0. The molecule has 0 saturated heterocycles. The zero-order chi connectivity index (χ0) is 17.8. The van der Waals surface area contributed by atoms with E-state index in [1.54, 1.807) is 4.90 Å². The maximum atomic E-state index is 8.78. The van der Waals surface area contributed by atoms with Crippen LogP contribution < -0.4 is 4.90 Å². The van der Waals surface area contributed by atoms with Crippen LogP contribution in [-0.2, 0) is 0 Å². The van der Waals surface area contributed by atoms with Crippen LogP contribution in [0, 0.1) is 10.8 Å². The van der Waals surface area contributed by atoms with E-state index in [1.807, 2.05) is 48.5 Å². The second-order valence-electron chi connectivity index (χ2n) is 6.24. The highest BCUT2D eigenvalue weighted by molar-refractivity contribution is 6.21. The van der Waals surface area contributed by atoms with E-state index in [2.05, 4.69) is 32.0 Å². The lowest BCUT2D eigenvalue weighted by molar-refractivity contribution is 0.732. The molecule has 0 saturated carbocycles. The van der Waals surface area contributed by atoms with Gasteiger partial charge in [-0.1, -0.05) is 74.5 Å². The maximum Gasteiger partial charge on any atom is 0.138 e. The van der Waals surface area contributed by atoms with E-state index in [-0.39, 0.29) is 0 Å².